The van der Waals surface area contributed by atoms with Gasteiger partial charge in [0.05, 0.1) is 0 Å². The van der Waals surface area contributed by atoms with Crippen molar-refractivity contribution < 1.29 is 5.11 Å². The Hall–Kier alpha value is -0.990. The summed E-state index contributed by atoms with van der Waals surface area (Å²) in [6.45, 7) is 12.0. The first-order valence-corrected chi connectivity index (χ1v) is 8.19. The normalized spacial score (nSPS) is 25.5. The predicted octanol–water partition coefficient (Wildman–Crippen LogP) is 4.77. The van der Waals surface area contributed by atoms with Crippen LogP contribution >= 0.6 is 12.4 Å². The highest BCUT2D eigenvalue weighted by molar-refractivity contribution is 5.85. The van der Waals surface area contributed by atoms with E-state index < -0.39 is 0 Å². The Morgan fingerprint density at radius 3 is 2.82 bits per heavy atom. The molecule has 2 unspecified atom stereocenters. The third kappa shape index (κ3) is 4.50. The monoisotopic (exact) mass is 323 g/mol. The molecule has 0 aromatic heterocycles. The summed E-state index contributed by atoms with van der Waals surface area (Å²) in [5.74, 6) is 0.986. The van der Waals surface area contributed by atoms with Gasteiger partial charge in [-0.25, -0.2) is 0 Å². The van der Waals surface area contributed by atoms with Crippen LogP contribution in [0.15, 0.2) is 36.9 Å². The largest absolute Gasteiger partial charge is 0.508 e. The molecule has 1 aliphatic heterocycles. The van der Waals surface area contributed by atoms with Crippen molar-refractivity contribution in [3.8, 4) is 5.75 Å². The van der Waals surface area contributed by atoms with Crippen molar-refractivity contribution >= 4 is 12.4 Å². The highest BCUT2D eigenvalue weighted by Crippen LogP contribution is 2.40. The van der Waals surface area contributed by atoms with Gasteiger partial charge in [0.1, 0.15) is 5.75 Å². The van der Waals surface area contributed by atoms with Crippen molar-refractivity contribution in [2.24, 2.45) is 5.92 Å². The molecule has 1 aliphatic rings. The van der Waals surface area contributed by atoms with E-state index in [0.717, 1.165) is 19.5 Å². The maximum Gasteiger partial charge on any atom is 0.115 e. The number of nitrogens with zero attached hydrogens (tertiary/aromatic N) is 1. The SMILES string of the molecule is C=CCCCCN1CCC(C)(c2cccc(O)c2)C(C)C1.Cl. The molecule has 2 atom stereocenters. The smallest absolute Gasteiger partial charge is 0.115 e. The van der Waals surface area contributed by atoms with Gasteiger partial charge in [0.25, 0.3) is 0 Å². The van der Waals surface area contributed by atoms with Crippen LogP contribution in [0.5, 0.6) is 5.75 Å². The van der Waals surface area contributed by atoms with Crippen molar-refractivity contribution in [2.75, 3.05) is 19.6 Å². The third-order valence-electron chi connectivity index (χ3n) is 5.21. The number of phenolic OH excluding ortho intramolecular Hbond substituents is 1. The van der Waals surface area contributed by atoms with Crippen LogP contribution in [-0.2, 0) is 5.41 Å². The van der Waals surface area contributed by atoms with Crippen LogP contribution in [0.4, 0.5) is 0 Å². The number of hydrogen-bond acceptors (Lipinski definition) is 2. The van der Waals surface area contributed by atoms with Gasteiger partial charge in [0.15, 0.2) is 0 Å². The average Bonchev–Trinajstić information content (AvgIpc) is 2.47. The fourth-order valence-electron chi connectivity index (χ4n) is 3.43. The zero-order chi connectivity index (χ0) is 15.3. The first-order valence-electron chi connectivity index (χ1n) is 8.19. The maximum absolute atomic E-state index is 9.74. The Balaban J connectivity index is 0.00000242. The Labute approximate surface area is 141 Å². The molecule has 124 valence electrons. The lowest BCUT2D eigenvalue weighted by Crippen LogP contribution is -2.47. The molecule has 1 aromatic rings. The molecular formula is C19H30ClNO. The number of phenols is 1. The van der Waals surface area contributed by atoms with Crippen LogP contribution in [-0.4, -0.2) is 29.6 Å². The summed E-state index contributed by atoms with van der Waals surface area (Å²) >= 11 is 0. The molecule has 0 radical (unpaired) electrons. The van der Waals surface area contributed by atoms with Crippen LogP contribution in [0, 0.1) is 5.92 Å². The molecule has 1 aromatic carbocycles. The van der Waals surface area contributed by atoms with Gasteiger partial charge in [-0.2, -0.15) is 0 Å². The minimum absolute atomic E-state index is 0. The van der Waals surface area contributed by atoms with E-state index in [4.69, 9.17) is 0 Å². The second kappa shape index (κ2) is 8.59. The van der Waals surface area contributed by atoms with Gasteiger partial charge in [0.2, 0.25) is 0 Å². The van der Waals surface area contributed by atoms with E-state index in [9.17, 15) is 5.11 Å². The van der Waals surface area contributed by atoms with Gasteiger partial charge in [-0.15, -0.1) is 19.0 Å². The van der Waals surface area contributed by atoms with Crippen LogP contribution in [0.25, 0.3) is 0 Å². The molecular weight excluding hydrogens is 294 g/mol. The van der Waals surface area contributed by atoms with Crippen LogP contribution in [0.1, 0.15) is 45.1 Å². The quantitative estimate of drug-likeness (QED) is 0.602. The number of halogens is 1. The molecule has 0 aliphatic carbocycles. The molecule has 22 heavy (non-hydrogen) atoms. The minimum Gasteiger partial charge on any atom is -0.508 e. The first kappa shape index (κ1) is 19.1. The summed E-state index contributed by atoms with van der Waals surface area (Å²) < 4.78 is 0. The van der Waals surface area contributed by atoms with Crippen LogP contribution < -0.4 is 0 Å². The Morgan fingerprint density at radius 2 is 2.18 bits per heavy atom. The number of hydrogen-bond donors (Lipinski definition) is 1. The zero-order valence-electron chi connectivity index (χ0n) is 13.9. The zero-order valence-corrected chi connectivity index (χ0v) is 14.7. The molecule has 0 saturated carbocycles. The maximum atomic E-state index is 9.74. The van der Waals surface area contributed by atoms with Gasteiger partial charge in [-0.3, -0.25) is 0 Å². The van der Waals surface area contributed by atoms with Gasteiger partial charge >= 0.3 is 0 Å². The summed E-state index contributed by atoms with van der Waals surface area (Å²) in [6, 6.07) is 7.82. The number of allylic oxidation sites excluding steroid dienone is 1. The number of rotatable bonds is 6. The minimum atomic E-state index is 0. The van der Waals surface area contributed by atoms with E-state index in [1.54, 1.807) is 6.07 Å². The van der Waals surface area contributed by atoms with E-state index in [-0.39, 0.29) is 17.8 Å². The molecule has 0 spiro atoms. The highest BCUT2D eigenvalue weighted by atomic mass is 35.5. The number of likely N-dealkylation sites (tertiary alicyclic amines) is 1. The standard InChI is InChI=1S/C19H29NO.ClH/c1-4-5-6-7-12-20-13-11-19(3,16(2)15-20)17-9-8-10-18(21)14-17;/h4,8-10,14,16,21H,1,5-7,11-13,15H2,2-3H3;1H. The van der Waals surface area contributed by atoms with Crippen molar-refractivity contribution in [3.05, 3.63) is 42.5 Å². The molecule has 1 saturated heterocycles. The number of aromatic hydroxyl groups is 1. The lowest BCUT2D eigenvalue weighted by molar-refractivity contribution is 0.109. The third-order valence-corrected chi connectivity index (χ3v) is 5.21. The Kier molecular flexibility index (Phi) is 7.44. The molecule has 2 nitrogen and oxygen atoms in total. The molecule has 3 heteroatoms. The molecule has 0 bridgehead atoms. The van der Waals surface area contributed by atoms with Crippen LogP contribution in [0.3, 0.4) is 0 Å². The topological polar surface area (TPSA) is 23.5 Å². The van der Waals surface area contributed by atoms with E-state index in [2.05, 4.69) is 31.4 Å². The molecule has 1 heterocycles. The molecule has 0 amide bonds. The molecule has 2 rings (SSSR count). The number of piperidine rings is 1. The van der Waals surface area contributed by atoms with E-state index >= 15 is 0 Å². The van der Waals surface area contributed by atoms with Crippen molar-refractivity contribution in [2.45, 2.75) is 44.9 Å². The van der Waals surface area contributed by atoms with Crippen molar-refractivity contribution in [1.82, 2.24) is 4.90 Å². The lowest BCUT2D eigenvalue weighted by Gasteiger charge is -2.45. The summed E-state index contributed by atoms with van der Waals surface area (Å²) in [6.07, 6.45) is 6.82. The summed E-state index contributed by atoms with van der Waals surface area (Å²) in [4.78, 5) is 2.60. The van der Waals surface area contributed by atoms with Gasteiger partial charge in [0, 0.05) is 6.54 Å². The van der Waals surface area contributed by atoms with Crippen molar-refractivity contribution in [3.63, 3.8) is 0 Å². The fraction of sp³-hybridized carbons (Fsp3) is 0.579. The van der Waals surface area contributed by atoms with Crippen molar-refractivity contribution in [1.29, 1.82) is 0 Å². The second-order valence-corrected chi connectivity index (χ2v) is 6.70. The molecule has 1 fully saturated rings. The van der Waals surface area contributed by atoms with Gasteiger partial charge in [-0.05, 0) is 67.8 Å². The Bertz CT molecular complexity index is 476. The first-order chi connectivity index (χ1) is 10.1. The average molecular weight is 324 g/mol. The van der Waals surface area contributed by atoms with Gasteiger partial charge < -0.3 is 10.0 Å². The summed E-state index contributed by atoms with van der Waals surface area (Å²) in [5.41, 5.74) is 1.46. The van der Waals surface area contributed by atoms with E-state index in [1.165, 1.54) is 31.4 Å². The Morgan fingerprint density at radius 1 is 1.41 bits per heavy atom. The van der Waals surface area contributed by atoms with E-state index in [0.29, 0.717) is 11.7 Å². The number of unbranched alkanes of at least 4 members (excludes halogenated alkanes) is 2. The van der Waals surface area contributed by atoms with E-state index in [1.807, 2.05) is 18.2 Å². The van der Waals surface area contributed by atoms with Crippen LogP contribution in [0.2, 0.25) is 0 Å². The van der Waals surface area contributed by atoms with Gasteiger partial charge in [-0.1, -0.05) is 32.1 Å². The molecule has 1 N–H and O–H groups in total. The summed E-state index contributed by atoms with van der Waals surface area (Å²) in [5, 5.41) is 9.74. The lowest BCUT2D eigenvalue weighted by atomic mass is 9.68. The fourth-order valence-corrected chi connectivity index (χ4v) is 3.43. The highest BCUT2D eigenvalue weighted by Gasteiger charge is 2.37. The second-order valence-electron chi connectivity index (χ2n) is 6.70. The summed E-state index contributed by atoms with van der Waals surface area (Å²) in [7, 11) is 0. The predicted molar refractivity (Wildman–Crippen MR) is 97.0 cm³/mol. The number of benzene rings is 1.